The van der Waals surface area contributed by atoms with Crippen LogP contribution >= 0.6 is 0 Å². The number of nitrogens with zero attached hydrogens (tertiary/aromatic N) is 1. The first-order valence-electron chi connectivity index (χ1n) is 5.28. The number of carbonyl (C=O) groups excluding carboxylic acids is 1. The Morgan fingerprint density at radius 3 is 3.00 bits per heavy atom. The lowest BCUT2D eigenvalue weighted by molar-refractivity contribution is -0.185. The van der Waals surface area contributed by atoms with Crippen LogP contribution in [0.4, 0.5) is 0 Å². The van der Waals surface area contributed by atoms with Gasteiger partial charge in [-0.05, 0) is 25.7 Å². The lowest BCUT2D eigenvalue weighted by atomic mass is 9.73. The Morgan fingerprint density at radius 1 is 1.71 bits per heavy atom. The summed E-state index contributed by atoms with van der Waals surface area (Å²) in [5, 5.41) is 10.3. The molecule has 1 N–H and O–H groups in total. The molecule has 0 aromatic rings. The summed E-state index contributed by atoms with van der Waals surface area (Å²) >= 11 is 0. The first-order chi connectivity index (χ1) is 6.66. The topological polar surface area (TPSA) is 40.5 Å². The summed E-state index contributed by atoms with van der Waals surface area (Å²) in [4.78, 5) is 11.9. The van der Waals surface area contributed by atoms with Crippen LogP contribution in [0, 0.1) is 5.41 Å². The molecule has 1 heterocycles. The molecule has 0 saturated carbocycles. The quantitative estimate of drug-likeness (QED) is 0.555. The van der Waals surface area contributed by atoms with E-state index in [1.807, 2.05) is 0 Å². The molecule has 1 amide bonds. The molecule has 1 saturated heterocycles. The summed E-state index contributed by atoms with van der Waals surface area (Å²) in [6.07, 6.45) is 6.03. The number of hydroxylamine groups is 2. The van der Waals surface area contributed by atoms with Gasteiger partial charge in [-0.3, -0.25) is 10.0 Å². The number of piperidine rings is 1. The van der Waals surface area contributed by atoms with Gasteiger partial charge in [-0.1, -0.05) is 19.4 Å². The molecule has 1 atom stereocenters. The van der Waals surface area contributed by atoms with Gasteiger partial charge in [0, 0.05) is 6.54 Å². The molecule has 1 unspecified atom stereocenters. The standard InChI is InChI=1S/C11H19NO2/c1-3-6-11(7-4-2)8-5-9-12(14)10(11)13/h3,14H,1,4-9H2,2H3. The first-order valence-corrected chi connectivity index (χ1v) is 5.28. The SMILES string of the molecule is C=CCC1(CCC)CCCN(O)C1=O. The number of rotatable bonds is 4. The van der Waals surface area contributed by atoms with E-state index in [9.17, 15) is 10.0 Å². The van der Waals surface area contributed by atoms with E-state index in [2.05, 4.69) is 13.5 Å². The van der Waals surface area contributed by atoms with Crippen LogP contribution in [-0.2, 0) is 4.79 Å². The summed E-state index contributed by atoms with van der Waals surface area (Å²) < 4.78 is 0. The van der Waals surface area contributed by atoms with Crippen LogP contribution in [0.1, 0.15) is 39.0 Å². The zero-order valence-corrected chi connectivity index (χ0v) is 8.83. The highest BCUT2D eigenvalue weighted by Crippen LogP contribution is 2.38. The van der Waals surface area contributed by atoms with Crippen molar-refractivity contribution in [2.24, 2.45) is 5.41 Å². The molecule has 14 heavy (non-hydrogen) atoms. The number of allylic oxidation sites excluding steroid dienone is 1. The largest absolute Gasteiger partial charge is 0.286 e. The van der Waals surface area contributed by atoms with Crippen molar-refractivity contribution in [1.82, 2.24) is 5.06 Å². The van der Waals surface area contributed by atoms with Gasteiger partial charge in [0.1, 0.15) is 0 Å². The first kappa shape index (κ1) is 11.2. The second-order valence-electron chi connectivity index (χ2n) is 4.05. The number of hydrogen-bond acceptors (Lipinski definition) is 2. The maximum Gasteiger partial charge on any atom is 0.252 e. The zero-order chi connectivity index (χ0) is 10.6. The molecular formula is C11H19NO2. The van der Waals surface area contributed by atoms with Gasteiger partial charge >= 0.3 is 0 Å². The molecule has 1 rings (SSSR count). The smallest absolute Gasteiger partial charge is 0.252 e. The Balaban J connectivity index is 2.82. The minimum atomic E-state index is -0.372. The third-order valence-electron chi connectivity index (χ3n) is 2.98. The summed E-state index contributed by atoms with van der Waals surface area (Å²) in [5.41, 5.74) is -0.372. The summed E-state index contributed by atoms with van der Waals surface area (Å²) in [5.74, 6) is -0.120. The minimum absolute atomic E-state index is 0.120. The van der Waals surface area contributed by atoms with Crippen LogP contribution in [0.2, 0.25) is 0 Å². The van der Waals surface area contributed by atoms with Crippen molar-refractivity contribution in [2.45, 2.75) is 39.0 Å². The van der Waals surface area contributed by atoms with Crippen molar-refractivity contribution in [3.63, 3.8) is 0 Å². The van der Waals surface area contributed by atoms with Gasteiger partial charge in [-0.25, -0.2) is 5.06 Å². The monoisotopic (exact) mass is 197 g/mol. The van der Waals surface area contributed by atoms with Crippen molar-refractivity contribution in [2.75, 3.05) is 6.54 Å². The molecule has 1 aliphatic rings. The number of amides is 1. The predicted molar refractivity (Wildman–Crippen MR) is 54.9 cm³/mol. The highest BCUT2D eigenvalue weighted by molar-refractivity contribution is 5.82. The molecular weight excluding hydrogens is 178 g/mol. The molecule has 3 heteroatoms. The second-order valence-corrected chi connectivity index (χ2v) is 4.05. The number of carbonyl (C=O) groups is 1. The molecule has 0 aromatic heterocycles. The summed E-state index contributed by atoms with van der Waals surface area (Å²) in [6, 6.07) is 0. The van der Waals surface area contributed by atoms with Crippen LogP contribution in [0.25, 0.3) is 0 Å². The fourth-order valence-corrected chi connectivity index (χ4v) is 2.33. The summed E-state index contributed by atoms with van der Waals surface area (Å²) in [7, 11) is 0. The fraction of sp³-hybridized carbons (Fsp3) is 0.727. The normalized spacial score (nSPS) is 27.9. The number of hydrogen-bond donors (Lipinski definition) is 1. The van der Waals surface area contributed by atoms with Crippen LogP contribution in [0.15, 0.2) is 12.7 Å². The van der Waals surface area contributed by atoms with Gasteiger partial charge in [0.15, 0.2) is 0 Å². The summed E-state index contributed by atoms with van der Waals surface area (Å²) in [6.45, 7) is 6.23. The molecule has 3 nitrogen and oxygen atoms in total. The van der Waals surface area contributed by atoms with E-state index in [-0.39, 0.29) is 11.3 Å². The zero-order valence-electron chi connectivity index (χ0n) is 8.83. The molecule has 1 fully saturated rings. The predicted octanol–water partition coefficient (Wildman–Crippen LogP) is 2.36. The van der Waals surface area contributed by atoms with Crippen LogP contribution in [-0.4, -0.2) is 22.7 Å². The molecule has 80 valence electrons. The third kappa shape index (κ3) is 1.98. The van der Waals surface area contributed by atoms with E-state index >= 15 is 0 Å². The van der Waals surface area contributed by atoms with Gasteiger partial charge in [0.05, 0.1) is 5.41 Å². The Morgan fingerprint density at radius 2 is 2.43 bits per heavy atom. The fourth-order valence-electron chi connectivity index (χ4n) is 2.33. The van der Waals surface area contributed by atoms with Crippen molar-refractivity contribution < 1.29 is 10.0 Å². The Bertz CT molecular complexity index is 223. The Labute approximate surface area is 85.4 Å². The van der Waals surface area contributed by atoms with Gasteiger partial charge in [0.25, 0.3) is 5.91 Å². The maximum atomic E-state index is 11.9. The van der Waals surface area contributed by atoms with Crippen LogP contribution < -0.4 is 0 Å². The molecule has 0 bridgehead atoms. The highest BCUT2D eigenvalue weighted by atomic mass is 16.5. The van der Waals surface area contributed by atoms with E-state index in [0.717, 1.165) is 30.7 Å². The van der Waals surface area contributed by atoms with Crippen molar-refractivity contribution in [3.8, 4) is 0 Å². The van der Waals surface area contributed by atoms with Crippen molar-refractivity contribution in [1.29, 1.82) is 0 Å². The highest BCUT2D eigenvalue weighted by Gasteiger charge is 2.41. The van der Waals surface area contributed by atoms with Crippen LogP contribution in [0.5, 0.6) is 0 Å². The van der Waals surface area contributed by atoms with Crippen molar-refractivity contribution >= 4 is 5.91 Å². The van der Waals surface area contributed by atoms with E-state index in [0.29, 0.717) is 13.0 Å². The third-order valence-corrected chi connectivity index (χ3v) is 2.98. The second kappa shape index (κ2) is 4.60. The van der Waals surface area contributed by atoms with E-state index in [1.54, 1.807) is 6.08 Å². The molecule has 0 spiro atoms. The van der Waals surface area contributed by atoms with Crippen molar-refractivity contribution in [3.05, 3.63) is 12.7 Å². The van der Waals surface area contributed by atoms with E-state index < -0.39 is 0 Å². The van der Waals surface area contributed by atoms with Gasteiger partial charge < -0.3 is 0 Å². The maximum absolute atomic E-state index is 11.9. The van der Waals surface area contributed by atoms with E-state index in [4.69, 9.17) is 0 Å². The Kier molecular flexibility index (Phi) is 3.69. The molecule has 0 aromatic carbocycles. The van der Waals surface area contributed by atoms with Gasteiger partial charge in [-0.2, -0.15) is 0 Å². The van der Waals surface area contributed by atoms with Crippen LogP contribution in [0.3, 0.4) is 0 Å². The Hall–Kier alpha value is -0.830. The average molecular weight is 197 g/mol. The van der Waals surface area contributed by atoms with E-state index in [1.165, 1.54) is 0 Å². The molecule has 1 aliphatic heterocycles. The molecule has 0 aliphatic carbocycles. The lowest BCUT2D eigenvalue weighted by Gasteiger charge is -2.38. The van der Waals surface area contributed by atoms with Gasteiger partial charge in [-0.15, -0.1) is 6.58 Å². The van der Waals surface area contributed by atoms with Gasteiger partial charge in [0.2, 0.25) is 0 Å². The minimum Gasteiger partial charge on any atom is -0.286 e. The average Bonchev–Trinajstić information content (AvgIpc) is 2.15. The lowest BCUT2D eigenvalue weighted by Crippen LogP contribution is -2.46. The molecule has 0 radical (unpaired) electrons.